The number of benzene rings is 2. The van der Waals surface area contributed by atoms with Crippen LogP contribution in [0, 0.1) is 6.92 Å². The molecule has 0 unspecified atom stereocenters. The van der Waals surface area contributed by atoms with E-state index in [1.54, 1.807) is 24.3 Å². The lowest BCUT2D eigenvalue weighted by atomic mass is 10.2. The highest BCUT2D eigenvalue weighted by molar-refractivity contribution is 6.31. The number of halogens is 1. The van der Waals surface area contributed by atoms with E-state index in [4.69, 9.17) is 16.3 Å². The molecule has 0 aromatic heterocycles. The van der Waals surface area contributed by atoms with Gasteiger partial charge in [-0.3, -0.25) is 4.79 Å². The minimum atomic E-state index is -0.214. The second-order valence-electron chi connectivity index (χ2n) is 4.06. The predicted octanol–water partition coefficient (Wildman–Crippen LogP) is 3.67. The van der Waals surface area contributed by atoms with E-state index in [2.05, 4.69) is 5.32 Å². The lowest BCUT2D eigenvalue weighted by molar-refractivity contribution is -0.118. The van der Waals surface area contributed by atoms with Gasteiger partial charge in [-0.15, -0.1) is 0 Å². The van der Waals surface area contributed by atoms with Crippen molar-refractivity contribution >= 4 is 23.2 Å². The SMILES string of the molecule is Cc1c(Cl)cccc1NC(=O)COc1ccccc1. The molecular weight excluding hydrogens is 262 g/mol. The highest BCUT2D eigenvalue weighted by Crippen LogP contribution is 2.22. The van der Waals surface area contributed by atoms with Crippen molar-refractivity contribution < 1.29 is 9.53 Å². The highest BCUT2D eigenvalue weighted by Gasteiger charge is 2.07. The van der Waals surface area contributed by atoms with E-state index in [0.717, 1.165) is 5.56 Å². The molecule has 0 aliphatic heterocycles. The molecule has 19 heavy (non-hydrogen) atoms. The number of carbonyl (C=O) groups is 1. The fourth-order valence-corrected chi connectivity index (χ4v) is 1.77. The van der Waals surface area contributed by atoms with Crippen molar-refractivity contribution in [1.29, 1.82) is 0 Å². The molecule has 2 aromatic rings. The number of rotatable bonds is 4. The maximum absolute atomic E-state index is 11.8. The number of ether oxygens (including phenoxy) is 1. The molecule has 0 saturated heterocycles. The van der Waals surface area contributed by atoms with Crippen LogP contribution in [-0.2, 0) is 4.79 Å². The van der Waals surface area contributed by atoms with Crippen molar-refractivity contribution in [1.82, 2.24) is 0 Å². The molecule has 0 aliphatic carbocycles. The summed E-state index contributed by atoms with van der Waals surface area (Å²) < 4.78 is 5.37. The van der Waals surface area contributed by atoms with Crippen LogP contribution in [0.3, 0.4) is 0 Å². The van der Waals surface area contributed by atoms with Crippen molar-refractivity contribution in [2.24, 2.45) is 0 Å². The topological polar surface area (TPSA) is 38.3 Å². The molecule has 0 aliphatic rings. The molecular formula is C15H14ClNO2. The number of nitrogens with one attached hydrogen (secondary N) is 1. The minimum Gasteiger partial charge on any atom is -0.484 e. The predicted molar refractivity (Wildman–Crippen MR) is 76.8 cm³/mol. The van der Waals surface area contributed by atoms with Crippen LogP contribution < -0.4 is 10.1 Å². The Morgan fingerprint density at radius 3 is 2.63 bits per heavy atom. The number of hydrogen-bond acceptors (Lipinski definition) is 2. The Morgan fingerprint density at radius 1 is 1.16 bits per heavy atom. The molecule has 0 spiro atoms. The largest absolute Gasteiger partial charge is 0.484 e. The van der Waals surface area contributed by atoms with Crippen LogP contribution in [-0.4, -0.2) is 12.5 Å². The van der Waals surface area contributed by atoms with Gasteiger partial charge in [0.1, 0.15) is 5.75 Å². The second-order valence-corrected chi connectivity index (χ2v) is 4.47. The summed E-state index contributed by atoms with van der Waals surface area (Å²) in [7, 11) is 0. The van der Waals surface area contributed by atoms with Crippen LogP contribution >= 0.6 is 11.6 Å². The molecule has 0 heterocycles. The zero-order valence-corrected chi connectivity index (χ0v) is 11.3. The Bertz CT molecular complexity index is 570. The van der Waals surface area contributed by atoms with E-state index in [-0.39, 0.29) is 12.5 Å². The van der Waals surface area contributed by atoms with E-state index in [0.29, 0.717) is 16.5 Å². The van der Waals surface area contributed by atoms with Gasteiger partial charge in [-0.2, -0.15) is 0 Å². The van der Waals surface area contributed by atoms with Crippen molar-refractivity contribution in [3.63, 3.8) is 0 Å². The number of carbonyl (C=O) groups excluding carboxylic acids is 1. The first-order chi connectivity index (χ1) is 9.16. The fourth-order valence-electron chi connectivity index (χ4n) is 1.59. The smallest absolute Gasteiger partial charge is 0.262 e. The first-order valence-electron chi connectivity index (χ1n) is 5.89. The molecule has 0 atom stereocenters. The van der Waals surface area contributed by atoms with E-state index < -0.39 is 0 Å². The molecule has 0 fully saturated rings. The molecule has 1 amide bonds. The Balaban J connectivity index is 1.93. The zero-order valence-electron chi connectivity index (χ0n) is 10.5. The quantitative estimate of drug-likeness (QED) is 0.925. The third kappa shape index (κ3) is 3.73. The van der Waals surface area contributed by atoms with Crippen LogP contribution in [0.2, 0.25) is 5.02 Å². The molecule has 98 valence electrons. The molecule has 2 aromatic carbocycles. The fraction of sp³-hybridized carbons (Fsp3) is 0.133. The monoisotopic (exact) mass is 275 g/mol. The number of anilines is 1. The van der Waals surface area contributed by atoms with E-state index in [1.807, 2.05) is 31.2 Å². The Morgan fingerprint density at radius 2 is 1.89 bits per heavy atom. The molecule has 0 saturated carbocycles. The average Bonchev–Trinajstić information content (AvgIpc) is 2.43. The molecule has 1 N–H and O–H groups in total. The maximum Gasteiger partial charge on any atom is 0.262 e. The molecule has 4 heteroatoms. The van der Waals surface area contributed by atoms with Crippen molar-refractivity contribution in [3.8, 4) is 5.75 Å². The molecule has 3 nitrogen and oxygen atoms in total. The normalized spacial score (nSPS) is 10.0. The van der Waals surface area contributed by atoms with Crippen LogP contribution in [0.4, 0.5) is 5.69 Å². The summed E-state index contributed by atoms with van der Waals surface area (Å²) in [6, 6.07) is 14.6. The molecule has 0 bridgehead atoms. The standard InChI is InChI=1S/C15H14ClNO2/c1-11-13(16)8-5-9-14(11)17-15(18)10-19-12-6-3-2-4-7-12/h2-9H,10H2,1H3,(H,17,18). The van der Waals surface area contributed by atoms with E-state index >= 15 is 0 Å². The summed E-state index contributed by atoms with van der Waals surface area (Å²) in [5.74, 6) is 0.453. The average molecular weight is 276 g/mol. The van der Waals surface area contributed by atoms with Crippen LogP contribution in [0.25, 0.3) is 0 Å². The summed E-state index contributed by atoms with van der Waals surface area (Å²) in [6.07, 6.45) is 0. The number of hydrogen-bond donors (Lipinski definition) is 1. The van der Waals surface area contributed by atoms with Gasteiger partial charge in [-0.1, -0.05) is 35.9 Å². The summed E-state index contributed by atoms with van der Waals surface area (Å²) in [5, 5.41) is 3.40. The van der Waals surface area contributed by atoms with Gasteiger partial charge < -0.3 is 10.1 Å². The van der Waals surface area contributed by atoms with Gasteiger partial charge in [0.25, 0.3) is 5.91 Å². The molecule has 0 radical (unpaired) electrons. The summed E-state index contributed by atoms with van der Waals surface area (Å²) in [4.78, 5) is 11.8. The maximum atomic E-state index is 11.8. The third-order valence-corrected chi connectivity index (χ3v) is 3.06. The van der Waals surface area contributed by atoms with E-state index in [1.165, 1.54) is 0 Å². The number of para-hydroxylation sites is 1. The third-order valence-electron chi connectivity index (χ3n) is 2.65. The lowest BCUT2D eigenvalue weighted by Crippen LogP contribution is -2.20. The van der Waals surface area contributed by atoms with Gasteiger partial charge in [-0.05, 0) is 36.8 Å². The summed E-state index contributed by atoms with van der Waals surface area (Å²) in [6.45, 7) is 1.83. The van der Waals surface area contributed by atoms with Crippen LogP contribution in [0.15, 0.2) is 48.5 Å². The Labute approximate surface area is 117 Å². The Hall–Kier alpha value is -2.00. The van der Waals surface area contributed by atoms with E-state index in [9.17, 15) is 4.79 Å². The van der Waals surface area contributed by atoms with Gasteiger partial charge in [0, 0.05) is 10.7 Å². The van der Waals surface area contributed by atoms with Gasteiger partial charge >= 0.3 is 0 Å². The minimum absolute atomic E-state index is 0.0318. The first-order valence-corrected chi connectivity index (χ1v) is 6.27. The second kappa shape index (κ2) is 6.25. The van der Waals surface area contributed by atoms with Crippen molar-refractivity contribution in [3.05, 3.63) is 59.1 Å². The van der Waals surface area contributed by atoms with Gasteiger partial charge in [0.05, 0.1) is 0 Å². The number of amides is 1. The van der Waals surface area contributed by atoms with Crippen LogP contribution in [0.5, 0.6) is 5.75 Å². The van der Waals surface area contributed by atoms with Gasteiger partial charge in [0.2, 0.25) is 0 Å². The first kappa shape index (κ1) is 13.4. The summed E-state index contributed by atoms with van der Waals surface area (Å²) >= 11 is 5.99. The lowest BCUT2D eigenvalue weighted by Gasteiger charge is -2.10. The van der Waals surface area contributed by atoms with Crippen molar-refractivity contribution in [2.75, 3.05) is 11.9 Å². The van der Waals surface area contributed by atoms with Crippen LogP contribution in [0.1, 0.15) is 5.56 Å². The molecule has 2 rings (SSSR count). The summed E-state index contributed by atoms with van der Waals surface area (Å²) in [5.41, 5.74) is 1.55. The van der Waals surface area contributed by atoms with Crippen molar-refractivity contribution in [2.45, 2.75) is 6.92 Å². The zero-order chi connectivity index (χ0) is 13.7. The highest BCUT2D eigenvalue weighted by atomic mass is 35.5. The Kier molecular flexibility index (Phi) is 4.42. The van der Waals surface area contributed by atoms with Gasteiger partial charge in [0.15, 0.2) is 6.61 Å². The van der Waals surface area contributed by atoms with Gasteiger partial charge in [-0.25, -0.2) is 0 Å².